The van der Waals surface area contributed by atoms with Crippen molar-refractivity contribution in [2.45, 2.75) is 37.9 Å². The molecule has 0 aliphatic heterocycles. The average molecular weight is 267 g/mol. The zero-order valence-electron chi connectivity index (χ0n) is 10.3. The smallest absolute Gasteiger partial charge is 0.235 e. The summed E-state index contributed by atoms with van der Waals surface area (Å²) in [5.74, 6) is -0.0723. The monoisotopic (exact) mass is 267 g/mol. The first-order chi connectivity index (χ1) is 8.49. The first kappa shape index (κ1) is 13.1. The van der Waals surface area contributed by atoms with Gasteiger partial charge in [0, 0.05) is 11.3 Å². The van der Waals surface area contributed by atoms with Gasteiger partial charge >= 0.3 is 0 Å². The van der Waals surface area contributed by atoms with Gasteiger partial charge < -0.3 is 0 Å². The second-order valence-electron chi connectivity index (χ2n) is 4.69. The summed E-state index contributed by atoms with van der Waals surface area (Å²) in [6.07, 6.45) is 3.39. The SMILES string of the molecule is CC(=O)c1cccc(NS(=O)(=O)C2CCCC2)c1. The predicted octanol–water partition coefficient (Wildman–Crippen LogP) is 2.57. The highest BCUT2D eigenvalue weighted by Crippen LogP contribution is 2.26. The fraction of sp³-hybridized carbons (Fsp3) is 0.462. The lowest BCUT2D eigenvalue weighted by Crippen LogP contribution is -2.25. The standard InChI is InChI=1S/C13H17NO3S/c1-10(15)11-5-4-6-12(9-11)14-18(16,17)13-7-2-3-8-13/h4-6,9,13-14H,2-3,7-8H2,1H3. The lowest BCUT2D eigenvalue weighted by Gasteiger charge is -2.13. The number of hydrogen-bond acceptors (Lipinski definition) is 3. The highest BCUT2D eigenvalue weighted by atomic mass is 32.2. The highest BCUT2D eigenvalue weighted by Gasteiger charge is 2.28. The molecular weight excluding hydrogens is 250 g/mol. The third-order valence-electron chi connectivity index (χ3n) is 3.27. The number of benzene rings is 1. The second kappa shape index (κ2) is 5.10. The van der Waals surface area contributed by atoms with E-state index in [1.807, 2.05) is 0 Å². The summed E-state index contributed by atoms with van der Waals surface area (Å²) >= 11 is 0. The number of anilines is 1. The number of Topliss-reactive ketones (excluding diaryl/α,β-unsaturated/α-hetero) is 1. The van der Waals surface area contributed by atoms with Crippen LogP contribution in [0.1, 0.15) is 43.0 Å². The minimum atomic E-state index is -3.32. The Morgan fingerprint density at radius 1 is 1.28 bits per heavy atom. The van der Waals surface area contributed by atoms with E-state index >= 15 is 0 Å². The molecule has 1 aromatic rings. The minimum absolute atomic E-state index is 0.0723. The molecule has 0 atom stereocenters. The van der Waals surface area contributed by atoms with Crippen LogP contribution in [-0.2, 0) is 10.0 Å². The van der Waals surface area contributed by atoms with Gasteiger partial charge in [-0.3, -0.25) is 9.52 Å². The predicted molar refractivity (Wildman–Crippen MR) is 71.2 cm³/mol. The Morgan fingerprint density at radius 3 is 2.56 bits per heavy atom. The lowest BCUT2D eigenvalue weighted by atomic mass is 10.1. The molecule has 1 saturated carbocycles. The Balaban J connectivity index is 2.18. The van der Waals surface area contributed by atoms with Crippen LogP contribution in [0.3, 0.4) is 0 Å². The zero-order valence-corrected chi connectivity index (χ0v) is 11.2. The Labute approximate surface area is 107 Å². The van der Waals surface area contributed by atoms with Crippen LogP contribution in [0.15, 0.2) is 24.3 Å². The van der Waals surface area contributed by atoms with E-state index in [1.165, 1.54) is 6.92 Å². The summed E-state index contributed by atoms with van der Waals surface area (Å²) in [6.45, 7) is 1.46. The molecular formula is C13H17NO3S. The molecule has 0 radical (unpaired) electrons. The Morgan fingerprint density at radius 2 is 1.94 bits per heavy atom. The van der Waals surface area contributed by atoms with Crippen LogP contribution in [0, 0.1) is 0 Å². The van der Waals surface area contributed by atoms with Crippen molar-refractivity contribution in [3.63, 3.8) is 0 Å². The molecule has 1 aromatic carbocycles. The molecule has 18 heavy (non-hydrogen) atoms. The zero-order chi connectivity index (χ0) is 13.2. The number of nitrogens with one attached hydrogen (secondary N) is 1. The van der Waals surface area contributed by atoms with E-state index in [0.29, 0.717) is 11.3 Å². The van der Waals surface area contributed by atoms with E-state index in [4.69, 9.17) is 0 Å². The highest BCUT2D eigenvalue weighted by molar-refractivity contribution is 7.93. The van der Waals surface area contributed by atoms with E-state index in [9.17, 15) is 13.2 Å². The van der Waals surface area contributed by atoms with Gasteiger partial charge in [-0.05, 0) is 31.9 Å². The summed E-state index contributed by atoms with van der Waals surface area (Å²) in [7, 11) is -3.32. The number of carbonyl (C=O) groups is 1. The van der Waals surface area contributed by atoms with Crippen molar-refractivity contribution in [1.29, 1.82) is 0 Å². The fourth-order valence-electron chi connectivity index (χ4n) is 2.25. The van der Waals surface area contributed by atoms with Gasteiger partial charge in [-0.1, -0.05) is 25.0 Å². The quantitative estimate of drug-likeness (QED) is 0.853. The number of carbonyl (C=O) groups excluding carboxylic acids is 1. The molecule has 1 aliphatic carbocycles. The van der Waals surface area contributed by atoms with E-state index in [-0.39, 0.29) is 11.0 Å². The first-order valence-corrected chi connectivity index (χ1v) is 7.66. The van der Waals surface area contributed by atoms with Crippen molar-refractivity contribution in [2.24, 2.45) is 0 Å². The molecule has 2 rings (SSSR count). The van der Waals surface area contributed by atoms with Crippen molar-refractivity contribution < 1.29 is 13.2 Å². The van der Waals surface area contributed by atoms with Crippen molar-refractivity contribution in [2.75, 3.05) is 4.72 Å². The van der Waals surface area contributed by atoms with Gasteiger partial charge in [0.05, 0.1) is 5.25 Å². The van der Waals surface area contributed by atoms with E-state index in [0.717, 1.165) is 25.7 Å². The van der Waals surface area contributed by atoms with E-state index < -0.39 is 10.0 Å². The van der Waals surface area contributed by atoms with Gasteiger partial charge in [0.15, 0.2) is 5.78 Å². The van der Waals surface area contributed by atoms with Gasteiger partial charge in [-0.25, -0.2) is 8.42 Å². The van der Waals surface area contributed by atoms with Crippen LogP contribution in [0.25, 0.3) is 0 Å². The maximum atomic E-state index is 12.1. The molecule has 0 heterocycles. The Bertz CT molecular complexity index is 545. The van der Waals surface area contributed by atoms with Gasteiger partial charge in [0.1, 0.15) is 0 Å². The molecule has 0 spiro atoms. The lowest BCUT2D eigenvalue weighted by molar-refractivity contribution is 0.101. The van der Waals surface area contributed by atoms with Gasteiger partial charge in [-0.15, -0.1) is 0 Å². The third kappa shape index (κ3) is 2.90. The molecule has 1 fully saturated rings. The van der Waals surface area contributed by atoms with Crippen LogP contribution in [-0.4, -0.2) is 19.5 Å². The van der Waals surface area contributed by atoms with Crippen LogP contribution in [0.2, 0.25) is 0 Å². The Hall–Kier alpha value is -1.36. The van der Waals surface area contributed by atoms with Crippen LogP contribution >= 0.6 is 0 Å². The number of hydrogen-bond donors (Lipinski definition) is 1. The molecule has 1 N–H and O–H groups in total. The third-order valence-corrected chi connectivity index (χ3v) is 5.14. The molecule has 5 heteroatoms. The maximum absolute atomic E-state index is 12.1. The molecule has 0 saturated heterocycles. The van der Waals surface area contributed by atoms with E-state index in [1.54, 1.807) is 24.3 Å². The first-order valence-electron chi connectivity index (χ1n) is 6.12. The topological polar surface area (TPSA) is 63.2 Å². The summed E-state index contributed by atoms with van der Waals surface area (Å²) in [6, 6.07) is 6.60. The normalized spacial score (nSPS) is 16.7. The fourth-order valence-corrected chi connectivity index (χ4v) is 3.82. The van der Waals surface area contributed by atoms with Gasteiger partial charge in [-0.2, -0.15) is 0 Å². The minimum Gasteiger partial charge on any atom is -0.295 e. The van der Waals surface area contributed by atoms with Crippen molar-refractivity contribution in [3.05, 3.63) is 29.8 Å². The number of sulfonamides is 1. The number of rotatable bonds is 4. The summed E-state index contributed by atoms with van der Waals surface area (Å²) in [5.41, 5.74) is 0.983. The Kier molecular flexibility index (Phi) is 3.71. The van der Waals surface area contributed by atoms with E-state index in [2.05, 4.69) is 4.72 Å². The molecule has 0 unspecified atom stereocenters. The summed E-state index contributed by atoms with van der Waals surface area (Å²) in [5, 5.41) is -0.293. The molecule has 0 aromatic heterocycles. The van der Waals surface area contributed by atoms with Gasteiger partial charge in [0.25, 0.3) is 0 Å². The summed E-state index contributed by atoms with van der Waals surface area (Å²) < 4.78 is 26.8. The average Bonchev–Trinajstić information content (AvgIpc) is 2.82. The van der Waals surface area contributed by atoms with Crippen LogP contribution in [0.5, 0.6) is 0 Å². The molecule has 98 valence electrons. The molecule has 0 bridgehead atoms. The van der Waals surface area contributed by atoms with Gasteiger partial charge in [0.2, 0.25) is 10.0 Å². The molecule has 4 nitrogen and oxygen atoms in total. The van der Waals surface area contributed by atoms with Crippen molar-refractivity contribution in [3.8, 4) is 0 Å². The molecule has 1 aliphatic rings. The van der Waals surface area contributed by atoms with Crippen LogP contribution < -0.4 is 4.72 Å². The summed E-state index contributed by atoms with van der Waals surface area (Å²) in [4.78, 5) is 11.2. The van der Waals surface area contributed by atoms with Crippen molar-refractivity contribution in [1.82, 2.24) is 0 Å². The van der Waals surface area contributed by atoms with Crippen molar-refractivity contribution >= 4 is 21.5 Å². The second-order valence-corrected chi connectivity index (χ2v) is 6.65. The van der Waals surface area contributed by atoms with Crippen LogP contribution in [0.4, 0.5) is 5.69 Å². The maximum Gasteiger partial charge on any atom is 0.235 e. The molecule has 0 amide bonds. The number of ketones is 1. The largest absolute Gasteiger partial charge is 0.295 e.